The standard InChI is InChI=1S/C24H27N5O2/c1-28-24(31)15-9-17-19(8-14(15)10-30)29-22(21-12-3-2-11(6-12)20(17)21)13-4-5-18(25)16(7-13)23(26)27/h4-5,7-12,20-22,29H,2-3,6,25H2,1H3,(H3,26,27)(H,28,31)/t11?,12-,20+,21+,22?/m0/s1. The van der Waals surface area contributed by atoms with E-state index in [-0.39, 0.29) is 17.8 Å². The average Bonchev–Trinajstić information content (AvgIpc) is 3.40. The van der Waals surface area contributed by atoms with Crippen LogP contribution in [-0.4, -0.2) is 25.1 Å². The fraction of sp³-hybridized carbons (Fsp3) is 0.375. The Balaban J connectivity index is 1.65. The molecule has 2 saturated carbocycles. The molecular formula is C24H27N5O2. The van der Waals surface area contributed by atoms with Gasteiger partial charge in [-0.15, -0.1) is 0 Å². The summed E-state index contributed by atoms with van der Waals surface area (Å²) in [5.41, 5.74) is 16.8. The zero-order valence-electron chi connectivity index (χ0n) is 17.4. The number of carbonyl (C=O) groups excluding carboxylic acids is 2. The second-order valence-electron chi connectivity index (χ2n) is 9.04. The highest BCUT2D eigenvalue weighted by Crippen LogP contribution is 2.63. The van der Waals surface area contributed by atoms with Gasteiger partial charge in [0.25, 0.3) is 5.91 Å². The maximum atomic E-state index is 12.4. The smallest absolute Gasteiger partial charge is 0.251 e. The summed E-state index contributed by atoms with van der Waals surface area (Å²) in [6.45, 7) is 0. The summed E-state index contributed by atoms with van der Waals surface area (Å²) in [6.07, 6.45) is 4.34. The van der Waals surface area contributed by atoms with E-state index < -0.39 is 0 Å². The van der Waals surface area contributed by atoms with Crippen LogP contribution in [-0.2, 0) is 0 Å². The summed E-state index contributed by atoms with van der Waals surface area (Å²) in [7, 11) is 1.58. The van der Waals surface area contributed by atoms with E-state index in [0.717, 1.165) is 23.1 Å². The van der Waals surface area contributed by atoms with Crippen LogP contribution in [0.15, 0.2) is 30.3 Å². The van der Waals surface area contributed by atoms with Gasteiger partial charge in [0.1, 0.15) is 5.84 Å². The summed E-state index contributed by atoms with van der Waals surface area (Å²) >= 11 is 0. The molecule has 0 spiro atoms. The number of amides is 1. The van der Waals surface area contributed by atoms with E-state index in [0.29, 0.717) is 46.0 Å². The molecule has 1 amide bonds. The van der Waals surface area contributed by atoms with Crippen LogP contribution in [0.5, 0.6) is 0 Å². The molecular weight excluding hydrogens is 390 g/mol. The number of amidine groups is 1. The van der Waals surface area contributed by atoms with Crippen molar-refractivity contribution in [2.75, 3.05) is 18.1 Å². The fourth-order valence-electron chi connectivity index (χ4n) is 6.31. The van der Waals surface area contributed by atoms with Crippen LogP contribution in [0.25, 0.3) is 0 Å². The average molecular weight is 418 g/mol. The minimum atomic E-state index is -0.239. The first-order chi connectivity index (χ1) is 14.9. The van der Waals surface area contributed by atoms with Gasteiger partial charge in [0.05, 0.1) is 11.6 Å². The highest BCUT2D eigenvalue weighted by molar-refractivity contribution is 6.02. The summed E-state index contributed by atoms with van der Waals surface area (Å²) < 4.78 is 0. The molecule has 31 heavy (non-hydrogen) atoms. The fourth-order valence-corrected chi connectivity index (χ4v) is 6.31. The Morgan fingerprint density at radius 1 is 1.19 bits per heavy atom. The Morgan fingerprint density at radius 3 is 2.68 bits per heavy atom. The lowest BCUT2D eigenvalue weighted by atomic mass is 9.67. The normalized spacial score (nSPS) is 27.7. The Hall–Kier alpha value is -3.35. The van der Waals surface area contributed by atoms with Crippen molar-refractivity contribution in [1.29, 1.82) is 5.41 Å². The first kappa shape index (κ1) is 19.6. The van der Waals surface area contributed by atoms with Crippen molar-refractivity contribution in [1.82, 2.24) is 5.32 Å². The van der Waals surface area contributed by atoms with Crippen LogP contribution in [0.2, 0.25) is 0 Å². The number of aldehydes is 1. The molecule has 2 aromatic carbocycles. The minimum Gasteiger partial charge on any atom is -0.398 e. The highest BCUT2D eigenvalue weighted by Gasteiger charge is 2.54. The lowest BCUT2D eigenvalue weighted by Gasteiger charge is -2.44. The van der Waals surface area contributed by atoms with Gasteiger partial charge >= 0.3 is 0 Å². The molecule has 7 nitrogen and oxygen atoms in total. The second kappa shape index (κ2) is 7.11. The van der Waals surface area contributed by atoms with Crippen LogP contribution in [0.3, 0.4) is 0 Å². The lowest BCUT2D eigenvalue weighted by molar-refractivity contribution is 0.0957. The van der Waals surface area contributed by atoms with Crippen molar-refractivity contribution in [2.24, 2.45) is 23.5 Å². The molecule has 0 radical (unpaired) electrons. The molecule has 2 aliphatic carbocycles. The van der Waals surface area contributed by atoms with Gasteiger partial charge in [0, 0.05) is 29.5 Å². The number of anilines is 2. The van der Waals surface area contributed by atoms with Gasteiger partial charge in [-0.05, 0) is 78.3 Å². The molecule has 2 fully saturated rings. The number of nitrogens with two attached hydrogens (primary N) is 2. The van der Waals surface area contributed by atoms with Crippen LogP contribution < -0.4 is 22.1 Å². The molecule has 0 aromatic heterocycles. The van der Waals surface area contributed by atoms with Crippen molar-refractivity contribution >= 4 is 29.4 Å². The largest absolute Gasteiger partial charge is 0.398 e. The molecule has 5 atom stereocenters. The number of nitrogen functional groups attached to an aromatic ring is 2. The van der Waals surface area contributed by atoms with E-state index in [2.05, 4.69) is 10.6 Å². The molecule has 160 valence electrons. The minimum absolute atomic E-state index is 0.0388. The lowest BCUT2D eigenvalue weighted by Crippen LogP contribution is -2.36. The molecule has 1 heterocycles. The number of rotatable bonds is 4. The van der Waals surface area contributed by atoms with Crippen LogP contribution >= 0.6 is 0 Å². The maximum absolute atomic E-state index is 12.4. The van der Waals surface area contributed by atoms with Crippen molar-refractivity contribution in [2.45, 2.75) is 31.2 Å². The van der Waals surface area contributed by atoms with E-state index in [1.807, 2.05) is 30.3 Å². The van der Waals surface area contributed by atoms with Crippen LogP contribution in [0.4, 0.5) is 11.4 Å². The van der Waals surface area contributed by atoms with E-state index in [9.17, 15) is 9.59 Å². The van der Waals surface area contributed by atoms with Gasteiger partial charge in [0.15, 0.2) is 6.29 Å². The Morgan fingerprint density at radius 2 is 1.97 bits per heavy atom. The van der Waals surface area contributed by atoms with Gasteiger partial charge in [-0.2, -0.15) is 0 Å². The number of fused-ring (bicyclic) bond motifs is 7. The summed E-state index contributed by atoms with van der Waals surface area (Å²) in [4.78, 5) is 24.2. The summed E-state index contributed by atoms with van der Waals surface area (Å²) in [5, 5.41) is 14.2. The van der Waals surface area contributed by atoms with Crippen molar-refractivity contribution in [3.05, 3.63) is 58.1 Å². The third-order valence-corrected chi connectivity index (χ3v) is 7.58. The van der Waals surface area contributed by atoms with E-state index in [4.69, 9.17) is 16.9 Å². The van der Waals surface area contributed by atoms with E-state index >= 15 is 0 Å². The van der Waals surface area contributed by atoms with Crippen LogP contribution in [0.1, 0.15) is 68.6 Å². The number of hydrogen-bond acceptors (Lipinski definition) is 5. The molecule has 7 N–H and O–H groups in total. The van der Waals surface area contributed by atoms with Crippen molar-refractivity contribution in [3.8, 4) is 0 Å². The van der Waals surface area contributed by atoms with Gasteiger partial charge in [-0.25, -0.2) is 0 Å². The maximum Gasteiger partial charge on any atom is 0.251 e. The number of nitrogens with one attached hydrogen (secondary N) is 3. The molecule has 2 aromatic rings. The predicted molar refractivity (Wildman–Crippen MR) is 121 cm³/mol. The summed E-state index contributed by atoms with van der Waals surface area (Å²) in [6, 6.07) is 9.51. The van der Waals surface area contributed by atoms with Crippen LogP contribution in [0, 0.1) is 23.2 Å². The van der Waals surface area contributed by atoms with E-state index in [1.165, 1.54) is 19.3 Å². The third kappa shape index (κ3) is 2.91. The molecule has 7 heteroatoms. The predicted octanol–water partition coefficient (Wildman–Crippen LogP) is 3.02. The second-order valence-corrected chi connectivity index (χ2v) is 9.04. The van der Waals surface area contributed by atoms with Crippen molar-refractivity contribution < 1.29 is 9.59 Å². The molecule has 2 bridgehead atoms. The van der Waals surface area contributed by atoms with E-state index in [1.54, 1.807) is 7.05 Å². The molecule has 3 aliphatic rings. The Bertz CT molecular complexity index is 1110. The Kier molecular flexibility index (Phi) is 4.50. The zero-order valence-corrected chi connectivity index (χ0v) is 17.4. The quantitative estimate of drug-likeness (QED) is 0.226. The number of benzene rings is 2. The van der Waals surface area contributed by atoms with Gasteiger partial charge < -0.3 is 22.1 Å². The van der Waals surface area contributed by atoms with Gasteiger partial charge in [-0.3, -0.25) is 15.0 Å². The topological polar surface area (TPSA) is 134 Å². The first-order valence-corrected chi connectivity index (χ1v) is 10.8. The van der Waals surface area contributed by atoms with Crippen molar-refractivity contribution in [3.63, 3.8) is 0 Å². The SMILES string of the molecule is CNC(=O)c1cc2c(cc1C=O)NC(c1ccc(N)c(C(=N)N)c1)[C@@H]1[C@H]3CCC(C3)[C@H]21. The number of hydrogen-bond donors (Lipinski definition) is 5. The first-order valence-electron chi connectivity index (χ1n) is 10.8. The Labute approximate surface area is 181 Å². The highest BCUT2D eigenvalue weighted by atomic mass is 16.1. The zero-order chi connectivity index (χ0) is 21.9. The third-order valence-electron chi connectivity index (χ3n) is 7.58. The molecule has 5 rings (SSSR count). The van der Waals surface area contributed by atoms with Gasteiger partial charge in [0.2, 0.25) is 0 Å². The molecule has 1 aliphatic heterocycles. The molecule has 0 saturated heterocycles. The number of carbonyl (C=O) groups is 2. The monoisotopic (exact) mass is 417 g/mol. The summed E-state index contributed by atoms with van der Waals surface area (Å²) in [5.74, 6) is 1.62. The molecule has 2 unspecified atom stereocenters. The van der Waals surface area contributed by atoms with Gasteiger partial charge in [-0.1, -0.05) is 6.07 Å².